The topological polar surface area (TPSA) is 61.4 Å². The second-order valence-corrected chi connectivity index (χ2v) is 5.62. The summed E-state index contributed by atoms with van der Waals surface area (Å²) in [4.78, 5) is 24.6. The molecule has 1 aliphatic rings. The van der Waals surface area contributed by atoms with Crippen molar-refractivity contribution >= 4 is 29.1 Å². The van der Waals surface area contributed by atoms with Crippen LogP contribution in [0.15, 0.2) is 18.2 Å². The predicted octanol–water partition coefficient (Wildman–Crippen LogP) is 1.86. The quantitative estimate of drug-likeness (QED) is 0.815. The Labute approximate surface area is 129 Å². The second-order valence-electron chi connectivity index (χ2n) is 5.21. The van der Waals surface area contributed by atoms with Crippen LogP contribution in [0, 0.1) is 0 Å². The van der Waals surface area contributed by atoms with Gasteiger partial charge in [-0.1, -0.05) is 24.6 Å². The van der Waals surface area contributed by atoms with Crippen LogP contribution in [0.5, 0.6) is 0 Å². The number of benzene rings is 1. The zero-order chi connectivity index (χ0) is 15.4. The van der Waals surface area contributed by atoms with Gasteiger partial charge in [0, 0.05) is 16.8 Å². The van der Waals surface area contributed by atoms with Crippen molar-refractivity contribution in [3.05, 3.63) is 28.8 Å². The molecule has 1 aliphatic heterocycles. The third-order valence-electron chi connectivity index (χ3n) is 3.46. The number of carbonyl (C=O) groups is 2. The molecule has 114 valence electrons. The van der Waals surface area contributed by atoms with E-state index >= 15 is 0 Å². The second kappa shape index (κ2) is 6.91. The smallest absolute Gasteiger partial charge is 0.246 e. The first-order valence-electron chi connectivity index (χ1n) is 7.11. The van der Waals surface area contributed by atoms with Crippen LogP contribution in [-0.2, 0) is 9.59 Å². The van der Waals surface area contributed by atoms with Crippen molar-refractivity contribution in [1.82, 2.24) is 10.6 Å². The Morgan fingerprint density at radius 2 is 2.00 bits per heavy atom. The molecule has 0 aromatic heterocycles. The molecule has 1 saturated heterocycles. The zero-order valence-corrected chi connectivity index (χ0v) is 13.0. The van der Waals surface area contributed by atoms with Gasteiger partial charge >= 0.3 is 0 Å². The highest BCUT2D eigenvalue weighted by atomic mass is 35.5. The van der Waals surface area contributed by atoms with Crippen molar-refractivity contribution in [3.63, 3.8) is 0 Å². The van der Waals surface area contributed by atoms with E-state index in [2.05, 4.69) is 24.5 Å². The Morgan fingerprint density at radius 1 is 1.33 bits per heavy atom. The molecule has 0 saturated carbocycles. The normalized spacial score (nSPS) is 16.8. The summed E-state index contributed by atoms with van der Waals surface area (Å²) in [5, 5.41) is 6.31. The van der Waals surface area contributed by atoms with E-state index in [1.807, 2.05) is 18.2 Å². The molecular formula is C15H20ClN3O2. The molecule has 1 unspecified atom stereocenters. The van der Waals surface area contributed by atoms with E-state index in [1.54, 1.807) is 4.90 Å². The summed E-state index contributed by atoms with van der Waals surface area (Å²) in [6.45, 7) is 5.45. The zero-order valence-electron chi connectivity index (χ0n) is 12.3. The Kier molecular flexibility index (Phi) is 5.20. The molecule has 6 heteroatoms. The van der Waals surface area contributed by atoms with E-state index in [0.29, 0.717) is 5.02 Å². The largest absolute Gasteiger partial charge is 0.353 e. The maximum atomic E-state index is 11.4. The number of anilines is 1. The van der Waals surface area contributed by atoms with E-state index in [4.69, 9.17) is 11.6 Å². The molecule has 0 bridgehead atoms. The lowest BCUT2D eigenvalue weighted by Gasteiger charge is -2.28. The van der Waals surface area contributed by atoms with Crippen LogP contribution in [0.2, 0.25) is 5.02 Å². The standard InChI is InChI=1S/C15H20ClN3O2/c1-3-6-17-10(2)12-5-4-11(7-13(12)16)19-8-14(20)18-15(21)9-19/h4-5,7,10,17H,3,6,8-9H2,1-2H3,(H,18,20,21). The van der Waals surface area contributed by atoms with Gasteiger partial charge in [0.25, 0.3) is 0 Å². The van der Waals surface area contributed by atoms with Gasteiger partial charge in [-0.15, -0.1) is 0 Å². The Balaban J connectivity index is 2.14. The average Bonchev–Trinajstić information content (AvgIpc) is 2.43. The number of rotatable bonds is 5. The van der Waals surface area contributed by atoms with E-state index < -0.39 is 0 Å². The molecule has 1 heterocycles. The van der Waals surface area contributed by atoms with Crippen LogP contribution in [0.4, 0.5) is 5.69 Å². The highest BCUT2D eigenvalue weighted by Crippen LogP contribution is 2.28. The number of imide groups is 1. The number of amides is 2. The fourth-order valence-corrected chi connectivity index (χ4v) is 2.69. The molecule has 1 atom stereocenters. The van der Waals surface area contributed by atoms with Gasteiger partial charge in [0.15, 0.2) is 0 Å². The van der Waals surface area contributed by atoms with Gasteiger partial charge in [-0.05, 0) is 37.6 Å². The van der Waals surface area contributed by atoms with E-state index in [0.717, 1.165) is 24.2 Å². The first-order chi connectivity index (χ1) is 10.0. The number of hydrogen-bond donors (Lipinski definition) is 2. The molecule has 21 heavy (non-hydrogen) atoms. The molecule has 2 N–H and O–H groups in total. The lowest BCUT2D eigenvalue weighted by molar-refractivity contribution is -0.130. The van der Waals surface area contributed by atoms with E-state index in [1.165, 1.54) is 0 Å². The summed E-state index contributed by atoms with van der Waals surface area (Å²) < 4.78 is 0. The Morgan fingerprint density at radius 3 is 2.57 bits per heavy atom. The lowest BCUT2D eigenvalue weighted by Crippen LogP contribution is -2.51. The highest BCUT2D eigenvalue weighted by Gasteiger charge is 2.23. The summed E-state index contributed by atoms with van der Waals surface area (Å²) >= 11 is 6.34. The van der Waals surface area contributed by atoms with Crippen molar-refractivity contribution in [2.45, 2.75) is 26.3 Å². The van der Waals surface area contributed by atoms with E-state index in [9.17, 15) is 9.59 Å². The summed E-state index contributed by atoms with van der Waals surface area (Å²) in [5.74, 6) is -0.575. The molecule has 1 fully saturated rings. The number of piperazine rings is 1. The van der Waals surface area contributed by atoms with Crippen molar-refractivity contribution in [2.75, 3.05) is 24.5 Å². The fraction of sp³-hybridized carbons (Fsp3) is 0.467. The molecule has 1 aromatic carbocycles. The van der Waals surface area contributed by atoms with E-state index in [-0.39, 0.29) is 30.9 Å². The van der Waals surface area contributed by atoms with Crippen LogP contribution in [0.3, 0.4) is 0 Å². The third-order valence-corrected chi connectivity index (χ3v) is 3.79. The highest BCUT2D eigenvalue weighted by molar-refractivity contribution is 6.31. The van der Waals surface area contributed by atoms with Crippen LogP contribution in [0.1, 0.15) is 31.9 Å². The molecule has 0 radical (unpaired) electrons. The van der Waals surface area contributed by atoms with Crippen LogP contribution in [-0.4, -0.2) is 31.4 Å². The lowest BCUT2D eigenvalue weighted by atomic mass is 10.1. The fourth-order valence-electron chi connectivity index (χ4n) is 2.35. The van der Waals surface area contributed by atoms with Crippen molar-refractivity contribution in [1.29, 1.82) is 0 Å². The van der Waals surface area contributed by atoms with Gasteiger partial charge in [-0.25, -0.2) is 0 Å². The first kappa shape index (κ1) is 15.8. The number of nitrogens with one attached hydrogen (secondary N) is 2. The molecule has 0 aliphatic carbocycles. The number of hydrogen-bond acceptors (Lipinski definition) is 4. The van der Waals surface area contributed by atoms with Crippen LogP contribution < -0.4 is 15.5 Å². The minimum absolute atomic E-state index is 0.165. The average molecular weight is 310 g/mol. The SMILES string of the molecule is CCCNC(C)c1ccc(N2CC(=O)NC(=O)C2)cc1Cl. The number of carbonyl (C=O) groups excluding carboxylic acids is 2. The van der Waals surface area contributed by atoms with Gasteiger partial charge in [0.1, 0.15) is 0 Å². The molecule has 2 rings (SSSR count). The predicted molar refractivity (Wildman–Crippen MR) is 83.5 cm³/mol. The third kappa shape index (κ3) is 3.95. The first-order valence-corrected chi connectivity index (χ1v) is 7.49. The molecule has 5 nitrogen and oxygen atoms in total. The molecule has 0 spiro atoms. The Hall–Kier alpha value is -1.59. The Bertz CT molecular complexity index is 532. The molecule has 1 aromatic rings. The van der Waals surface area contributed by atoms with Crippen molar-refractivity contribution in [2.24, 2.45) is 0 Å². The van der Waals surface area contributed by atoms with Crippen LogP contribution >= 0.6 is 11.6 Å². The van der Waals surface area contributed by atoms with Crippen molar-refractivity contribution in [3.8, 4) is 0 Å². The summed E-state index contributed by atoms with van der Waals surface area (Å²) in [6, 6.07) is 5.82. The summed E-state index contributed by atoms with van der Waals surface area (Å²) in [6.07, 6.45) is 1.06. The monoisotopic (exact) mass is 309 g/mol. The molecule has 2 amide bonds. The minimum Gasteiger partial charge on any atom is -0.353 e. The van der Waals surface area contributed by atoms with Gasteiger partial charge in [-0.2, -0.15) is 0 Å². The number of halogens is 1. The van der Waals surface area contributed by atoms with Crippen molar-refractivity contribution < 1.29 is 9.59 Å². The van der Waals surface area contributed by atoms with Gasteiger partial charge < -0.3 is 10.2 Å². The van der Waals surface area contributed by atoms with Gasteiger partial charge in [-0.3, -0.25) is 14.9 Å². The maximum Gasteiger partial charge on any atom is 0.246 e. The number of nitrogens with zero attached hydrogens (tertiary/aromatic N) is 1. The maximum absolute atomic E-state index is 11.4. The minimum atomic E-state index is -0.288. The summed E-state index contributed by atoms with van der Waals surface area (Å²) in [7, 11) is 0. The molecular weight excluding hydrogens is 290 g/mol. The van der Waals surface area contributed by atoms with Gasteiger partial charge in [0.2, 0.25) is 11.8 Å². The van der Waals surface area contributed by atoms with Gasteiger partial charge in [0.05, 0.1) is 13.1 Å². The summed E-state index contributed by atoms with van der Waals surface area (Å²) in [5.41, 5.74) is 1.80. The van der Waals surface area contributed by atoms with Crippen LogP contribution in [0.25, 0.3) is 0 Å².